The van der Waals surface area contributed by atoms with Gasteiger partial charge in [-0.2, -0.15) is 5.10 Å². The van der Waals surface area contributed by atoms with Crippen LogP contribution in [0.4, 0.5) is 0 Å². The number of hydrogen-bond donors (Lipinski definition) is 0. The Labute approximate surface area is 238 Å². The zero-order valence-electron chi connectivity index (χ0n) is 22.3. The van der Waals surface area contributed by atoms with Crippen molar-refractivity contribution in [2.45, 2.75) is 0 Å². The highest BCUT2D eigenvalue weighted by molar-refractivity contribution is 6.08. The summed E-state index contributed by atoms with van der Waals surface area (Å²) in [5, 5.41) is 8.83. The maximum Gasteiger partial charge on any atom is 0.101 e. The Kier molecular flexibility index (Phi) is 5.46. The summed E-state index contributed by atoms with van der Waals surface area (Å²) in [6, 6.07) is 51.2. The van der Waals surface area contributed by atoms with Crippen molar-refractivity contribution >= 4 is 27.2 Å². The molecule has 0 aliphatic heterocycles. The maximum atomic E-state index is 5.33. The van der Waals surface area contributed by atoms with Crippen LogP contribution in [0.1, 0.15) is 0 Å². The van der Waals surface area contributed by atoms with E-state index in [2.05, 4.69) is 144 Å². The number of aromatic nitrogens is 3. The molecule has 0 aliphatic carbocycles. The van der Waals surface area contributed by atoms with Gasteiger partial charge in [0.25, 0.3) is 0 Å². The van der Waals surface area contributed by atoms with E-state index < -0.39 is 0 Å². The minimum Gasteiger partial charge on any atom is -0.256 e. The van der Waals surface area contributed by atoms with E-state index >= 15 is 0 Å². The van der Waals surface area contributed by atoms with Crippen molar-refractivity contribution in [3.63, 3.8) is 0 Å². The van der Waals surface area contributed by atoms with Crippen LogP contribution < -0.4 is 0 Å². The second-order valence-electron chi connectivity index (χ2n) is 10.3. The molecule has 5 aromatic carbocycles. The summed E-state index contributed by atoms with van der Waals surface area (Å²) in [6.45, 7) is 0. The number of hydrogen-bond acceptors (Lipinski definition) is 2. The minimum absolute atomic E-state index is 0.966. The molecule has 0 fully saturated rings. The van der Waals surface area contributed by atoms with Crippen molar-refractivity contribution in [1.82, 2.24) is 14.6 Å². The van der Waals surface area contributed by atoms with Crippen LogP contribution in [-0.4, -0.2) is 14.6 Å². The van der Waals surface area contributed by atoms with E-state index in [0.717, 1.165) is 61.2 Å². The molecule has 3 heterocycles. The van der Waals surface area contributed by atoms with Crippen molar-refractivity contribution in [3.05, 3.63) is 152 Å². The first-order chi connectivity index (χ1) is 20.3. The van der Waals surface area contributed by atoms with Gasteiger partial charge < -0.3 is 0 Å². The van der Waals surface area contributed by atoms with Crippen molar-refractivity contribution in [2.75, 3.05) is 0 Å². The van der Waals surface area contributed by atoms with E-state index in [0.29, 0.717) is 0 Å². The average molecular weight is 524 g/mol. The lowest BCUT2D eigenvalue weighted by Crippen LogP contribution is -1.95. The van der Waals surface area contributed by atoms with Gasteiger partial charge in [-0.1, -0.05) is 121 Å². The smallest absolute Gasteiger partial charge is 0.101 e. The first-order valence-electron chi connectivity index (χ1n) is 13.8. The molecule has 0 amide bonds. The third-order valence-corrected chi connectivity index (χ3v) is 7.81. The number of pyridine rings is 2. The Morgan fingerprint density at radius 3 is 1.95 bits per heavy atom. The molecule has 8 rings (SSSR count). The zero-order chi connectivity index (χ0) is 27.2. The molecule has 0 bridgehead atoms. The molecule has 8 aromatic rings. The molecule has 0 saturated carbocycles. The molecular formula is C38H25N3. The van der Waals surface area contributed by atoms with Crippen LogP contribution in [0.25, 0.3) is 72.0 Å². The van der Waals surface area contributed by atoms with Crippen molar-refractivity contribution in [3.8, 4) is 44.8 Å². The molecule has 0 radical (unpaired) electrons. The highest BCUT2D eigenvalue weighted by Crippen LogP contribution is 2.41. The average Bonchev–Trinajstić information content (AvgIpc) is 3.46. The van der Waals surface area contributed by atoms with Gasteiger partial charge in [-0.25, -0.2) is 4.52 Å². The van der Waals surface area contributed by atoms with Gasteiger partial charge in [0.15, 0.2) is 0 Å². The molecule has 192 valence electrons. The second kappa shape index (κ2) is 9.58. The van der Waals surface area contributed by atoms with E-state index in [1.807, 2.05) is 12.3 Å². The standard InChI is InChI=1S/C38H25N3/c1-3-12-26(13-4-1)35-24-29-16-7-9-20-33(29)38-36(37(40-41(35)38)27-14-5-2-6-15-27)31-19-11-18-28(22-31)32-23-30-17-8-10-21-34(30)39-25-32/h1-25H. The Bertz CT molecular complexity index is 2200. The Hall–Kier alpha value is -5.54. The largest absolute Gasteiger partial charge is 0.256 e. The second-order valence-corrected chi connectivity index (χ2v) is 10.3. The molecule has 0 aliphatic rings. The fourth-order valence-electron chi connectivity index (χ4n) is 5.86. The molecule has 0 unspecified atom stereocenters. The van der Waals surface area contributed by atoms with E-state index in [-0.39, 0.29) is 0 Å². The van der Waals surface area contributed by atoms with Crippen molar-refractivity contribution in [2.24, 2.45) is 0 Å². The molecular weight excluding hydrogens is 498 g/mol. The Morgan fingerprint density at radius 2 is 1.12 bits per heavy atom. The van der Waals surface area contributed by atoms with Gasteiger partial charge >= 0.3 is 0 Å². The lowest BCUT2D eigenvalue weighted by Gasteiger charge is -2.11. The summed E-state index contributed by atoms with van der Waals surface area (Å²) >= 11 is 0. The topological polar surface area (TPSA) is 30.2 Å². The fraction of sp³-hybridized carbons (Fsp3) is 0. The van der Waals surface area contributed by atoms with Gasteiger partial charge in [-0.05, 0) is 40.8 Å². The van der Waals surface area contributed by atoms with Crippen LogP contribution in [-0.2, 0) is 0 Å². The van der Waals surface area contributed by atoms with Crippen LogP contribution in [0, 0.1) is 0 Å². The number of rotatable bonds is 4. The summed E-state index contributed by atoms with van der Waals surface area (Å²) in [4.78, 5) is 4.73. The van der Waals surface area contributed by atoms with Gasteiger partial charge in [0.1, 0.15) is 5.69 Å². The predicted molar refractivity (Wildman–Crippen MR) is 170 cm³/mol. The third kappa shape index (κ3) is 3.98. The Balaban J connectivity index is 1.45. The highest BCUT2D eigenvalue weighted by atomic mass is 15.2. The summed E-state index contributed by atoms with van der Waals surface area (Å²) in [5.74, 6) is 0. The summed E-state index contributed by atoms with van der Waals surface area (Å²) in [6.07, 6.45) is 1.97. The van der Waals surface area contributed by atoms with Crippen LogP contribution in [0.5, 0.6) is 0 Å². The van der Waals surface area contributed by atoms with E-state index in [4.69, 9.17) is 10.1 Å². The van der Waals surface area contributed by atoms with E-state index in [9.17, 15) is 0 Å². The van der Waals surface area contributed by atoms with E-state index in [1.54, 1.807) is 0 Å². The molecule has 0 saturated heterocycles. The van der Waals surface area contributed by atoms with Crippen molar-refractivity contribution in [1.29, 1.82) is 0 Å². The van der Waals surface area contributed by atoms with Gasteiger partial charge in [0.05, 0.1) is 16.7 Å². The monoisotopic (exact) mass is 523 g/mol. The normalized spacial score (nSPS) is 11.4. The lowest BCUT2D eigenvalue weighted by atomic mass is 9.94. The molecule has 0 atom stereocenters. The van der Waals surface area contributed by atoms with Crippen molar-refractivity contribution < 1.29 is 0 Å². The van der Waals surface area contributed by atoms with Crippen LogP contribution in [0.15, 0.2) is 152 Å². The molecule has 0 spiro atoms. The van der Waals surface area contributed by atoms with E-state index in [1.165, 1.54) is 10.8 Å². The summed E-state index contributed by atoms with van der Waals surface area (Å²) in [7, 11) is 0. The summed E-state index contributed by atoms with van der Waals surface area (Å²) < 4.78 is 2.14. The molecule has 3 nitrogen and oxygen atoms in total. The lowest BCUT2D eigenvalue weighted by molar-refractivity contribution is 0.979. The van der Waals surface area contributed by atoms with Gasteiger partial charge in [-0.3, -0.25) is 4.98 Å². The predicted octanol–water partition coefficient (Wildman–Crippen LogP) is 9.70. The Morgan fingerprint density at radius 1 is 0.463 bits per heavy atom. The highest BCUT2D eigenvalue weighted by Gasteiger charge is 2.21. The number of nitrogens with zero attached hydrogens (tertiary/aromatic N) is 3. The molecule has 0 N–H and O–H groups in total. The molecule has 41 heavy (non-hydrogen) atoms. The zero-order valence-corrected chi connectivity index (χ0v) is 22.3. The molecule has 3 heteroatoms. The number of para-hydroxylation sites is 1. The summed E-state index contributed by atoms with van der Waals surface area (Å²) in [5.41, 5.74) is 10.8. The SMILES string of the molecule is c1ccc(-c2nn3c(-c4ccccc4)cc4ccccc4c3c2-c2cccc(-c3cnc4ccccc4c3)c2)cc1. The molecule has 3 aromatic heterocycles. The maximum absolute atomic E-state index is 5.33. The first kappa shape index (κ1) is 23.4. The quantitative estimate of drug-likeness (QED) is 0.230. The van der Waals surface area contributed by atoms with Gasteiger partial charge in [0, 0.05) is 39.2 Å². The number of benzene rings is 5. The number of fused-ring (bicyclic) bond motifs is 4. The minimum atomic E-state index is 0.966. The van der Waals surface area contributed by atoms with Gasteiger partial charge in [-0.15, -0.1) is 0 Å². The third-order valence-electron chi connectivity index (χ3n) is 7.81. The van der Waals surface area contributed by atoms with Gasteiger partial charge in [0.2, 0.25) is 0 Å². The van der Waals surface area contributed by atoms with Crippen LogP contribution in [0.2, 0.25) is 0 Å². The van der Waals surface area contributed by atoms with Crippen LogP contribution in [0.3, 0.4) is 0 Å². The first-order valence-corrected chi connectivity index (χ1v) is 13.8. The van der Waals surface area contributed by atoms with Crippen LogP contribution >= 0.6 is 0 Å². The fourth-order valence-corrected chi connectivity index (χ4v) is 5.86.